The molecule has 24 heavy (non-hydrogen) atoms. The Balaban J connectivity index is 2.18. The molecule has 5 heteroatoms. The lowest BCUT2D eigenvalue weighted by molar-refractivity contribution is -0.137. The molecule has 2 rings (SSSR count). The number of nitrogens with zero attached hydrogens (tertiary/aromatic N) is 2. The zero-order valence-corrected chi connectivity index (χ0v) is 13.0. The van der Waals surface area contributed by atoms with E-state index >= 15 is 0 Å². The van der Waals surface area contributed by atoms with E-state index in [1.807, 2.05) is 30.3 Å². The molecular formula is C19H16N2O3. The van der Waals surface area contributed by atoms with E-state index in [4.69, 9.17) is 14.7 Å². The van der Waals surface area contributed by atoms with Gasteiger partial charge in [-0.2, -0.15) is 5.26 Å². The van der Waals surface area contributed by atoms with Crippen molar-refractivity contribution >= 4 is 12.0 Å². The zero-order valence-electron chi connectivity index (χ0n) is 13.0. The van der Waals surface area contributed by atoms with Crippen molar-refractivity contribution in [1.82, 2.24) is 4.98 Å². The summed E-state index contributed by atoms with van der Waals surface area (Å²) in [6.45, 7) is 3.80. The Labute approximate surface area is 140 Å². The molecule has 0 amide bonds. The summed E-state index contributed by atoms with van der Waals surface area (Å²) in [4.78, 5) is 16.0. The van der Waals surface area contributed by atoms with Crippen molar-refractivity contribution in [2.45, 2.75) is 6.61 Å². The van der Waals surface area contributed by atoms with Gasteiger partial charge in [-0.1, -0.05) is 36.9 Å². The van der Waals surface area contributed by atoms with Crippen LogP contribution in [0.25, 0.3) is 6.08 Å². The SMILES string of the molecule is C=CCOC(=O)/C(C#N)=C/c1ccccc1OCc1ccccn1. The van der Waals surface area contributed by atoms with Crippen molar-refractivity contribution in [1.29, 1.82) is 5.26 Å². The highest BCUT2D eigenvalue weighted by atomic mass is 16.5. The first kappa shape index (κ1) is 17.0. The van der Waals surface area contributed by atoms with Crippen LogP contribution in [0.5, 0.6) is 5.75 Å². The number of carbonyl (C=O) groups is 1. The van der Waals surface area contributed by atoms with Crippen molar-refractivity contribution in [2.24, 2.45) is 0 Å². The van der Waals surface area contributed by atoms with Crippen molar-refractivity contribution in [3.8, 4) is 11.8 Å². The highest BCUT2D eigenvalue weighted by molar-refractivity contribution is 5.98. The van der Waals surface area contributed by atoms with Crippen molar-refractivity contribution < 1.29 is 14.3 Å². The predicted octanol–water partition coefficient (Wildman–Crippen LogP) is 3.30. The molecule has 2 aromatic rings. The van der Waals surface area contributed by atoms with Crippen molar-refractivity contribution in [3.63, 3.8) is 0 Å². The topological polar surface area (TPSA) is 72.2 Å². The van der Waals surface area contributed by atoms with Gasteiger partial charge in [0, 0.05) is 11.8 Å². The van der Waals surface area contributed by atoms with Crippen LogP contribution in [0.15, 0.2) is 66.9 Å². The highest BCUT2D eigenvalue weighted by Gasteiger charge is 2.11. The number of hydrogen-bond donors (Lipinski definition) is 0. The molecule has 0 bridgehead atoms. The number of ether oxygens (including phenoxy) is 2. The molecule has 1 aromatic carbocycles. The van der Waals surface area contributed by atoms with Crippen LogP contribution in [-0.2, 0) is 16.1 Å². The van der Waals surface area contributed by atoms with Crippen LogP contribution in [-0.4, -0.2) is 17.6 Å². The van der Waals surface area contributed by atoms with Crippen LogP contribution >= 0.6 is 0 Å². The fourth-order valence-corrected chi connectivity index (χ4v) is 1.87. The molecule has 0 saturated carbocycles. The minimum absolute atomic E-state index is 0.0513. The number of para-hydroxylation sites is 1. The van der Waals surface area contributed by atoms with Gasteiger partial charge in [0.25, 0.3) is 0 Å². The van der Waals surface area contributed by atoms with Crippen LogP contribution in [0.3, 0.4) is 0 Å². The molecule has 0 N–H and O–H groups in total. The van der Waals surface area contributed by atoms with Gasteiger partial charge in [-0.05, 0) is 24.3 Å². The van der Waals surface area contributed by atoms with E-state index in [2.05, 4.69) is 11.6 Å². The third kappa shape index (κ3) is 4.82. The quantitative estimate of drug-likeness (QED) is 0.339. The van der Waals surface area contributed by atoms with Crippen LogP contribution in [0.2, 0.25) is 0 Å². The minimum atomic E-state index is -0.697. The van der Waals surface area contributed by atoms with Gasteiger partial charge in [-0.15, -0.1) is 0 Å². The Morgan fingerprint density at radius 1 is 1.25 bits per heavy atom. The number of carbonyl (C=O) groups excluding carboxylic acids is 1. The molecule has 0 aliphatic heterocycles. The molecule has 0 spiro atoms. The second-order valence-electron chi connectivity index (χ2n) is 4.70. The average Bonchev–Trinajstić information content (AvgIpc) is 2.64. The molecule has 0 fully saturated rings. The van der Waals surface area contributed by atoms with Gasteiger partial charge < -0.3 is 9.47 Å². The Hall–Kier alpha value is -3.39. The first-order valence-electron chi connectivity index (χ1n) is 7.26. The summed E-state index contributed by atoms with van der Waals surface area (Å²) in [5.74, 6) is -0.149. The summed E-state index contributed by atoms with van der Waals surface area (Å²) >= 11 is 0. The van der Waals surface area contributed by atoms with Crippen molar-refractivity contribution in [2.75, 3.05) is 6.61 Å². The Morgan fingerprint density at radius 2 is 2.04 bits per heavy atom. The summed E-state index contributed by atoms with van der Waals surface area (Å²) in [6.07, 6.45) is 4.57. The molecule has 1 heterocycles. The Morgan fingerprint density at radius 3 is 2.75 bits per heavy atom. The van der Waals surface area contributed by atoms with E-state index < -0.39 is 5.97 Å². The third-order valence-corrected chi connectivity index (χ3v) is 2.99. The molecule has 0 aliphatic carbocycles. The largest absolute Gasteiger partial charge is 0.487 e. The van der Waals surface area contributed by atoms with Gasteiger partial charge in [0.05, 0.1) is 5.69 Å². The summed E-state index contributed by atoms with van der Waals surface area (Å²) in [7, 11) is 0. The van der Waals surface area contributed by atoms with Crippen LogP contribution in [0, 0.1) is 11.3 Å². The maximum absolute atomic E-state index is 11.8. The Bertz CT molecular complexity index is 777. The molecule has 0 atom stereocenters. The van der Waals surface area contributed by atoms with Crippen molar-refractivity contribution in [3.05, 3.63) is 78.1 Å². The number of esters is 1. The summed E-state index contributed by atoms with van der Waals surface area (Å²) in [5, 5.41) is 9.16. The second kappa shape index (κ2) is 8.91. The molecule has 0 saturated heterocycles. The van der Waals surface area contributed by atoms with Crippen LogP contribution in [0.1, 0.15) is 11.3 Å². The van der Waals surface area contributed by atoms with E-state index in [0.717, 1.165) is 5.69 Å². The number of rotatable bonds is 7. The average molecular weight is 320 g/mol. The lowest BCUT2D eigenvalue weighted by Crippen LogP contribution is -2.06. The van der Waals surface area contributed by atoms with E-state index in [-0.39, 0.29) is 18.8 Å². The molecular weight excluding hydrogens is 304 g/mol. The molecule has 1 aromatic heterocycles. The third-order valence-electron chi connectivity index (χ3n) is 2.99. The van der Waals surface area contributed by atoms with E-state index in [0.29, 0.717) is 11.3 Å². The first-order chi connectivity index (χ1) is 11.7. The number of hydrogen-bond acceptors (Lipinski definition) is 5. The maximum atomic E-state index is 11.8. The summed E-state index contributed by atoms with van der Waals surface area (Å²) in [6, 6.07) is 14.5. The lowest BCUT2D eigenvalue weighted by Gasteiger charge is -2.09. The molecule has 0 aliphatic rings. The molecule has 0 unspecified atom stereocenters. The van der Waals surface area contributed by atoms with Gasteiger partial charge in [0.2, 0.25) is 0 Å². The lowest BCUT2D eigenvalue weighted by atomic mass is 10.1. The standard InChI is InChI=1S/C19H16N2O3/c1-2-11-23-19(22)16(13-20)12-15-7-3-4-9-18(15)24-14-17-8-5-6-10-21-17/h2-10,12H,1,11,14H2/b16-12+. The van der Waals surface area contributed by atoms with E-state index in [9.17, 15) is 4.79 Å². The second-order valence-corrected chi connectivity index (χ2v) is 4.70. The number of benzene rings is 1. The van der Waals surface area contributed by atoms with E-state index in [1.165, 1.54) is 12.2 Å². The summed E-state index contributed by atoms with van der Waals surface area (Å²) in [5.41, 5.74) is 1.29. The number of pyridine rings is 1. The zero-order chi connectivity index (χ0) is 17.2. The van der Waals surface area contributed by atoms with Gasteiger partial charge in [-0.25, -0.2) is 4.79 Å². The fourth-order valence-electron chi connectivity index (χ4n) is 1.87. The molecule has 0 radical (unpaired) electrons. The predicted molar refractivity (Wildman–Crippen MR) is 89.8 cm³/mol. The molecule has 5 nitrogen and oxygen atoms in total. The molecule has 120 valence electrons. The summed E-state index contributed by atoms with van der Waals surface area (Å²) < 4.78 is 10.6. The van der Waals surface area contributed by atoms with Crippen LogP contribution < -0.4 is 4.74 Å². The van der Waals surface area contributed by atoms with Crippen LogP contribution in [0.4, 0.5) is 0 Å². The number of nitriles is 1. The van der Waals surface area contributed by atoms with E-state index in [1.54, 1.807) is 24.4 Å². The van der Waals surface area contributed by atoms with Gasteiger partial charge in [0.1, 0.15) is 30.6 Å². The normalized spacial score (nSPS) is 10.5. The highest BCUT2D eigenvalue weighted by Crippen LogP contribution is 2.22. The van der Waals surface area contributed by atoms with Gasteiger partial charge in [0.15, 0.2) is 0 Å². The monoisotopic (exact) mass is 320 g/mol. The minimum Gasteiger partial charge on any atom is -0.487 e. The fraction of sp³-hybridized carbons (Fsp3) is 0.105. The maximum Gasteiger partial charge on any atom is 0.349 e. The van der Waals surface area contributed by atoms with Gasteiger partial charge >= 0.3 is 5.97 Å². The Kier molecular flexibility index (Phi) is 6.30. The number of aromatic nitrogens is 1. The van der Waals surface area contributed by atoms with Gasteiger partial charge in [-0.3, -0.25) is 4.98 Å². The smallest absolute Gasteiger partial charge is 0.349 e. The first-order valence-corrected chi connectivity index (χ1v) is 7.26.